The van der Waals surface area contributed by atoms with Crippen LogP contribution in [-0.4, -0.2) is 16.5 Å². The number of unbranched alkanes of at least 4 members (excludes halogenated alkanes) is 3. The summed E-state index contributed by atoms with van der Waals surface area (Å²) in [6.45, 7) is 21.7. The second-order valence-corrected chi connectivity index (χ2v) is 13.2. The maximum atomic E-state index is 2.43. The molecule has 0 N–H and O–H groups in total. The first-order chi connectivity index (χ1) is 8.34. The lowest BCUT2D eigenvalue weighted by molar-refractivity contribution is 0.358. The van der Waals surface area contributed by atoms with Gasteiger partial charge in [0.1, 0.15) is 0 Å². The Labute approximate surface area is 124 Å². The van der Waals surface area contributed by atoms with Crippen molar-refractivity contribution in [2.45, 2.75) is 105 Å². The van der Waals surface area contributed by atoms with Crippen LogP contribution in [0.25, 0.3) is 0 Å². The van der Waals surface area contributed by atoms with Gasteiger partial charge in [-0.25, -0.2) is 0 Å². The van der Waals surface area contributed by atoms with Gasteiger partial charge in [0.15, 0.2) is 0 Å². The van der Waals surface area contributed by atoms with Crippen LogP contribution in [0.5, 0.6) is 0 Å². The topological polar surface area (TPSA) is 0 Å². The summed E-state index contributed by atoms with van der Waals surface area (Å²) in [5, 5.41) is 0.998. The van der Waals surface area contributed by atoms with Gasteiger partial charge in [-0.05, 0) is 34.7 Å². The zero-order valence-corrected chi connectivity index (χ0v) is 16.1. The maximum Gasteiger partial charge on any atom is -0.0175 e. The van der Waals surface area contributed by atoms with E-state index in [1.165, 1.54) is 38.3 Å². The molecule has 0 bridgehead atoms. The molecule has 0 aliphatic heterocycles. The van der Waals surface area contributed by atoms with Crippen LogP contribution >= 0.6 is 7.92 Å². The van der Waals surface area contributed by atoms with E-state index in [0.717, 1.165) is 0 Å². The third-order valence-electron chi connectivity index (χ3n) is 3.68. The molecule has 0 amide bonds. The van der Waals surface area contributed by atoms with Crippen LogP contribution in [0.3, 0.4) is 0 Å². The normalized spacial score (nSPS) is 14.2. The minimum Gasteiger partial charge on any atom is -0.0956 e. The Morgan fingerprint density at radius 1 is 0.579 bits per heavy atom. The first-order valence-corrected chi connectivity index (χ1v) is 9.64. The van der Waals surface area contributed by atoms with Gasteiger partial charge >= 0.3 is 0 Å². The average molecular weight is 286 g/mol. The molecule has 1 heteroatoms. The highest BCUT2D eigenvalue weighted by atomic mass is 31.1. The third kappa shape index (κ3) is 9.89. The molecule has 0 aromatic heterocycles. The zero-order chi connectivity index (χ0) is 15.3. The fourth-order valence-corrected chi connectivity index (χ4v) is 6.85. The van der Waals surface area contributed by atoms with Crippen molar-refractivity contribution in [3.8, 4) is 0 Å². The van der Waals surface area contributed by atoms with E-state index in [4.69, 9.17) is 0 Å². The average Bonchev–Trinajstić information content (AvgIpc) is 2.10. The number of hydrogen-bond acceptors (Lipinski definition) is 0. The maximum absolute atomic E-state index is 2.43. The number of hydrogen-bond donors (Lipinski definition) is 0. The molecule has 0 saturated heterocycles. The van der Waals surface area contributed by atoms with Crippen LogP contribution in [0.2, 0.25) is 0 Å². The Kier molecular flexibility index (Phi) is 7.61. The molecule has 0 spiro atoms. The van der Waals surface area contributed by atoms with Crippen LogP contribution < -0.4 is 0 Å². The van der Waals surface area contributed by atoms with Crippen LogP contribution in [0.15, 0.2) is 0 Å². The summed E-state index contributed by atoms with van der Waals surface area (Å²) in [6, 6.07) is 0. The monoisotopic (exact) mass is 286 g/mol. The van der Waals surface area contributed by atoms with E-state index in [1.807, 2.05) is 0 Å². The van der Waals surface area contributed by atoms with Crippen molar-refractivity contribution < 1.29 is 0 Å². The Morgan fingerprint density at radius 3 is 1.37 bits per heavy atom. The molecule has 0 unspecified atom stereocenters. The highest BCUT2D eigenvalue weighted by molar-refractivity contribution is 7.60. The molecular formula is C18H39P. The van der Waals surface area contributed by atoms with Gasteiger partial charge in [0.2, 0.25) is 0 Å². The van der Waals surface area contributed by atoms with Crippen molar-refractivity contribution >= 4 is 7.92 Å². The van der Waals surface area contributed by atoms with E-state index < -0.39 is 0 Å². The predicted molar refractivity (Wildman–Crippen MR) is 93.8 cm³/mol. The molecule has 0 aliphatic carbocycles. The fraction of sp³-hybridized carbons (Fsp3) is 1.00. The molecule has 0 atom stereocenters. The van der Waals surface area contributed by atoms with Gasteiger partial charge in [-0.3, -0.25) is 0 Å². The zero-order valence-electron chi connectivity index (χ0n) is 15.2. The Hall–Kier alpha value is 0.430. The fourth-order valence-electron chi connectivity index (χ4n) is 2.96. The van der Waals surface area contributed by atoms with E-state index in [1.54, 1.807) is 0 Å². The van der Waals surface area contributed by atoms with Gasteiger partial charge in [-0.15, -0.1) is 0 Å². The van der Waals surface area contributed by atoms with Crippen molar-refractivity contribution in [2.75, 3.05) is 6.16 Å². The minimum atomic E-state index is 0.114. The van der Waals surface area contributed by atoms with E-state index in [-0.39, 0.29) is 7.92 Å². The van der Waals surface area contributed by atoms with Crippen LogP contribution in [0.4, 0.5) is 0 Å². The summed E-state index contributed by atoms with van der Waals surface area (Å²) in [4.78, 5) is 0. The lowest BCUT2D eigenvalue weighted by Crippen LogP contribution is -2.26. The SMILES string of the molecule is CC(C)(C)CCCCCCP(C(C)(C)C)C(C)(C)C. The van der Waals surface area contributed by atoms with Crippen molar-refractivity contribution in [1.82, 2.24) is 0 Å². The molecule has 0 fully saturated rings. The molecule has 0 heterocycles. The first-order valence-electron chi connectivity index (χ1n) is 8.12. The highest BCUT2D eigenvalue weighted by Crippen LogP contribution is 2.59. The standard InChI is InChI=1S/C18H39P/c1-16(2,3)14-12-10-11-13-15-19(17(4,5)6)18(7,8)9/h10-15H2,1-9H3. The molecule has 0 radical (unpaired) electrons. The highest BCUT2D eigenvalue weighted by Gasteiger charge is 2.33. The van der Waals surface area contributed by atoms with Crippen LogP contribution in [-0.2, 0) is 0 Å². The summed E-state index contributed by atoms with van der Waals surface area (Å²) in [5.41, 5.74) is 0.517. The smallest absolute Gasteiger partial charge is 0.0175 e. The van der Waals surface area contributed by atoms with E-state index in [0.29, 0.717) is 15.7 Å². The first kappa shape index (κ1) is 19.4. The van der Waals surface area contributed by atoms with Crippen molar-refractivity contribution in [1.29, 1.82) is 0 Å². The van der Waals surface area contributed by atoms with Crippen LogP contribution in [0.1, 0.15) is 94.4 Å². The Balaban J connectivity index is 3.97. The molecule has 19 heavy (non-hydrogen) atoms. The lowest BCUT2D eigenvalue weighted by Gasteiger charge is -2.41. The molecule has 116 valence electrons. The molecule has 0 saturated carbocycles. The van der Waals surface area contributed by atoms with Gasteiger partial charge in [0.25, 0.3) is 0 Å². The second kappa shape index (κ2) is 7.44. The predicted octanol–water partition coefficient (Wildman–Crippen LogP) is 7.06. The van der Waals surface area contributed by atoms with Gasteiger partial charge in [0.05, 0.1) is 0 Å². The molecule has 0 nitrogen and oxygen atoms in total. The van der Waals surface area contributed by atoms with E-state index in [2.05, 4.69) is 62.3 Å². The summed E-state index contributed by atoms with van der Waals surface area (Å²) in [6.07, 6.45) is 8.53. The van der Waals surface area contributed by atoms with Crippen molar-refractivity contribution in [3.63, 3.8) is 0 Å². The molecular weight excluding hydrogens is 247 g/mol. The summed E-state index contributed by atoms with van der Waals surface area (Å²) in [5.74, 6) is 0. The van der Waals surface area contributed by atoms with Gasteiger partial charge in [-0.1, -0.05) is 89.5 Å². The van der Waals surface area contributed by atoms with Crippen molar-refractivity contribution in [3.05, 3.63) is 0 Å². The lowest BCUT2D eigenvalue weighted by atomic mass is 9.89. The van der Waals surface area contributed by atoms with Gasteiger partial charge < -0.3 is 0 Å². The van der Waals surface area contributed by atoms with Crippen molar-refractivity contribution in [2.24, 2.45) is 5.41 Å². The Morgan fingerprint density at radius 2 is 1.00 bits per heavy atom. The minimum absolute atomic E-state index is 0.114. The summed E-state index contributed by atoms with van der Waals surface area (Å²) in [7, 11) is 0.114. The summed E-state index contributed by atoms with van der Waals surface area (Å²) < 4.78 is 0. The van der Waals surface area contributed by atoms with Crippen LogP contribution in [0, 0.1) is 5.41 Å². The Bertz CT molecular complexity index is 220. The number of rotatable bonds is 6. The second-order valence-electron chi connectivity index (χ2n) is 9.22. The van der Waals surface area contributed by atoms with Gasteiger partial charge in [-0.2, -0.15) is 0 Å². The van der Waals surface area contributed by atoms with Gasteiger partial charge in [0, 0.05) is 0 Å². The quantitative estimate of drug-likeness (QED) is 0.362. The van der Waals surface area contributed by atoms with E-state index in [9.17, 15) is 0 Å². The molecule has 0 rings (SSSR count). The largest absolute Gasteiger partial charge is 0.0956 e. The third-order valence-corrected chi connectivity index (χ3v) is 7.68. The molecule has 0 aliphatic rings. The van der Waals surface area contributed by atoms with E-state index >= 15 is 0 Å². The molecule has 0 aromatic carbocycles. The summed E-state index contributed by atoms with van der Waals surface area (Å²) >= 11 is 0. The molecule has 0 aromatic rings.